The summed E-state index contributed by atoms with van der Waals surface area (Å²) in [6.07, 6.45) is 9.72. The highest BCUT2D eigenvalue weighted by atomic mass is 16.5. The first-order valence-corrected chi connectivity index (χ1v) is 8.83. The van der Waals surface area contributed by atoms with Crippen molar-refractivity contribution in [2.24, 2.45) is 5.92 Å². The van der Waals surface area contributed by atoms with Crippen LogP contribution in [-0.4, -0.2) is 19.2 Å². The molecule has 0 aromatic heterocycles. The highest BCUT2D eigenvalue weighted by Gasteiger charge is 2.28. The summed E-state index contributed by atoms with van der Waals surface area (Å²) in [5.74, 6) is 2.54. The van der Waals surface area contributed by atoms with Crippen LogP contribution in [-0.2, 0) is 0 Å². The summed E-state index contributed by atoms with van der Waals surface area (Å²) in [5, 5.41) is 3.76. The van der Waals surface area contributed by atoms with Crippen LogP contribution >= 0.6 is 0 Å². The van der Waals surface area contributed by atoms with Crippen molar-refractivity contribution in [1.82, 2.24) is 5.32 Å². The van der Waals surface area contributed by atoms with Crippen molar-refractivity contribution in [2.45, 2.75) is 63.8 Å². The van der Waals surface area contributed by atoms with Gasteiger partial charge in [-0.05, 0) is 68.7 Å². The third kappa shape index (κ3) is 4.23. The highest BCUT2D eigenvalue weighted by molar-refractivity contribution is 5.30. The molecule has 1 N–H and O–H groups in total. The highest BCUT2D eigenvalue weighted by Crippen LogP contribution is 2.37. The van der Waals surface area contributed by atoms with Crippen molar-refractivity contribution >= 4 is 0 Å². The molecular weight excluding hydrogens is 258 g/mol. The molecule has 2 unspecified atom stereocenters. The molecule has 2 nitrogen and oxygen atoms in total. The SMILES string of the molecule is CCOc1ccc(C2CCCCCC2CNC2CC2)cc1. The molecule has 1 aromatic rings. The molecule has 0 heterocycles. The number of hydrogen-bond acceptors (Lipinski definition) is 2. The van der Waals surface area contributed by atoms with Gasteiger partial charge >= 0.3 is 0 Å². The van der Waals surface area contributed by atoms with Crippen molar-refractivity contribution in [3.63, 3.8) is 0 Å². The van der Waals surface area contributed by atoms with Gasteiger partial charge in [-0.15, -0.1) is 0 Å². The first-order chi connectivity index (χ1) is 10.4. The van der Waals surface area contributed by atoms with Gasteiger partial charge in [-0.3, -0.25) is 0 Å². The van der Waals surface area contributed by atoms with E-state index in [-0.39, 0.29) is 0 Å². The molecule has 0 amide bonds. The van der Waals surface area contributed by atoms with E-state index in [1.165, 1.54) is 57.1 Å². The fourth-order valence-corrected chi connectivity index (χ4v) is 3.65. The first-order valence-electron chi connectivity index (χ1n) is 8.83. The van der Waals surface area contributed by atoms with E-state index >= 15 is 0 Å². The number of hydrogen-bond donors (Lipinski definition) is 1. The van der Waals surface area contributed by atoms with E-state index in [1.807, 2.05) is 6.92 Å². The van der Waals surface area contributed by atoms with Crippen LogP contribution < -0.4 is 10.1 Å². The molecular formula is C19H29NO. The maximum atomic E-state index is 5.57. The molecule has 0 saturated heterocycles. The van der Waals surface area contributed by atoms with E-state index in [0.29, 0.717) is 0 Å². The molecule has 2 atom stereocenters. The zero-order chi connectivity index (χ0) is 14.5. The lowest BCUT2D eigenvalue weighted by atomic mass is 9.82. The molecule has 0 bridgehead atoms. The molecule has 3 rings (SSSR count). The molecule has 2 heteroatoms. The normalized spacial score (nSPS) is 26.3. The van der Waals surface area contributed by atoms with Gasteiger partial charge in [0.1, 0.15) is 5.75 Å². The maximum Gasteiger partial charge on any atom is 0.119 e. The fourth-order valence-electron chi connectivity index (χ4n) is 3.65. The van der Waals surface area contributed by atoms with E-state index in [9.17, 15) is 0 Å². The molecule has 0 spiro atoms. The van der Waals surface area contributed by atoms with Crippen molar-refractivity contribution in [3.05, 3.63) is 29.8 Å². The average Bonchev–Trinajstić information content (AvgIpc) is 3.33. The molecule has 0 radical (unpaired) electrons. The third-order valence-electron chi connectivity index (χ3n) is 5.02. The lowest BCUT2D eigenvalue weighted by molar-refractivity contribution is 0.339. The van der Waals surface area contributed by atoms with E-state index in [0.717, 1.165) is 30.2 Å². The van der Waals surface area contributed by atoms with Crippen LogP contribution in [0.2, 0.25) is 0 Å². The van der Waals surface area contributed by atoms with E-state index in [4.69, 9.17) is 4.74 Å². The van der Waals surface area contributed by atoms with Gasteiger partial charge in [0, 0.05) is 6.04 Å². The Morgan fingerprint density at radius 1 is 1.00 bits per heavy atom. The number of rotatable bonds is 6. The standard InChI is InChI=1S/C19H29NO/c1-2-21-18-12-8-15(9-13-18)19-7-5-3-4-6-16(19)14-20-17-10-11-17/h8-9,12-13,16-17,19-20H,2-7,10-11,14H2,1H3. The zero-order valence-electron chi connectivity index (χ0n) is 13.3. The summed E-state index contributed by atoms with van der Waals surface area (Å²) < 4.78 is 5.57. The van der Waals surface area contributed by atoms with Gasteiger partial charge in [-0.2, -0.15) is 0 Å². The predicted molar refractivity (Wildman–Crippen MR) is 88.0 cm³/mol. The minimum Gasteiger partial charge on any atom is -0.494 e. The largest absolute Gasteiger partial charge is 0.494 e. The van der Waals surface area contributed by atoms with Crippen molar-refractivity contribution < 1.29 is 4.74 Å². The summed E-state index contributed by atoms with van der Waals surface area (Å²) in [7, 11) is 0. The second-order valence-electron chi connectivity index (χ2n) is 6.69. The summed E-state index contributed by atoms with van der Waals surface area (Å²) in [4.78, 5) is 0. The van der Waals surface area contributed by atoms with Crippen LogP contribution in [0.15, 0.2) is 24.3 Å². The second-order valence-corrected chi connectivity index (χ2v) is 6.69. The van der Waals surface area contributed by atoms with Crippen molar-refractivity contribution in [3.8, 4) is 5.75 Å². The van der Waals surface area contributed by atoms with E-state index < -0.39 is 0 Å². The smallest absolute Gasteiger partial charge is 0.119 e. The maximum absolute atomic E-state index is 5.57. The Bertz CT molecular complexity index is 424. The third-order valence-corrected chi connectivity index (χ3v) is 5.02. The van der Waals surface area contributed by atoms with Crippen molar-refractivity contribution in [2.75, 3.05) is 13.2 Å². The first kappa shape index (κ1) is 14.9. The lowest BCUT2D eigenvalue weighted by Crippen LogP contribution is -2.28. The Morgan fingerprint density at radius 2 is 1.76 bits per heavy atom. The van der Waals surface area contributed by atoms with Gasteiger partial charge in [-0.1, -0.05) is 31.4 Å². The Balaban J connectivity index is 1.67. The second kappa shape index (κ2) is 7.31. The van der Waals surface area contributed by atoms with Crippen LogP contribution in [0.4, 0.5) is 0 Å². The molecule has 116 valence electrons. The van der Waals surface area contributed by atoms with Crippen molar-refractivity contribution in [1.29, 1.82) is 0 Å². The number of benzene rings is 1. The molecule has 0 aliphatic heterocycles. The van der Waals surface area contributed by atoms with Crippen LogP contribution in [0.5, 0.6) is 5.75 Å². The van der Waals surface area contributed by atoms with Crippen LogP contribution in [0, 0.1) is 5.92 Å². The summed E-state index contributed by atoms with van der Waals surface area (Å²) >= 11 is 0. The fraction of sp³-hybridized carbons (Fsp3) is 0.684. The molecule has 2 aliphatic rings. The zero-order valence-corrected chi connectivity index (χ0v) is 13.3. The molecule has 1 aromatic carbocycles. The Morgan fingerprint density at radius 3 is 2.48 bits per heavy atom. The van der Waals surface area contributed by atoms with Crippen LogP contribution in [0.25, 0.3) is 0 Å². The molecule has 2 fully saturated rings. The lowest BCUT2D eigenvalue weighted by Gasteiger charge is -2.26. The van der Waals surface area contributed by atoms with Gasteiger partial charge in [0.25, 0.3) is 0 Å². The van der Waals surface area contributed by atoms with Gasteiger partial charge < -0.3 is 10.1 Å². The summed E-state index contributed by atoms with van der Waals surface area (Å²) in [6, 6.07) is 9.72. The van der Waals surface area contributed by atoms with E-state index in [2.05, 4.69) is 29.6 Å². The topological polar surface area (TPSA) is 21.3 Å². The van der Waals surface area contributed by atoms with Gasteiger partial charge in [0.2, 0.25) is 0 Å². The molecule has 21 heavy (non-hydrogen) atoms. The summed E-state index contributed by atoms with van der Waals surface area (Å²) in [5.41, 5.74) is 1.52. The van der Waals surface area contributed by atoms with Gasteiger partial charge in [0.05, 0.1) is 6.61 Å². The van der Waals surface area contributed by atoms with Gasteiger partial charge in [-0.25, -0.2) is 0 Å². The minimum atomic E-state index is 0.731. The van der Waals surface area contributed by atoms with Crippen LogP contribution in [0.3, 0.4) is 0 Å². The Hall–Kier alpha value is -1.02. The Labute approximate surface area is 129 Å². The van der Waals surface area contributed by atoms with Gasteiger partial charge in [0.15, 0.2) is 0 Å². The molecule has 2 aliphatic carbocycles. The predicted octanol–water partition coefficient (Wildman–Crippen LogP) is 4.50. The van der Waals surface area contributed by atoms with Crippen LogP contribution in [0.1, 0.15) is 63.4 Å². The minimum absolute atomic E-state index is 0.731. The Kier molecular flexibility index (Phi) is 5.18. The number of ether oxygens (including phenoxy) is 1. The summed E-state index contributed by atoms with van der Waals surface area (Å²) in [6.45, 7) is 4.00. The average molecular weight is 287 g/mol. The number of nitrogens with one attached hydrogen (secondary N) is 1. The quantitative estimate of drug-likeness (QED) is 0.778. The molecule has 2 saturated carbocycles. The van der Waals surface area contributed by atoms with E-state index in [1.54, 1.807) is 0 Å². The monoisotopic (exact) mass is 287 g/mol.